The average molecular weight is 361 g/mol. The normalized spacial score (nSPS) is 23.2. The van der Waals surface area contributed by atoms with E-state index in [4.69, 9.17) is 9.47 Å². The van der Waals surface area contributed by atoms with Crippen molar-refractivity contribution in [2.75, 3.05) is 47.4 Å². The number of likely N-dealkylation sites (tertiary alicyclic amines) is 1. The molecule has 0 saturated carbocycles. The Kier molecular flexibility index (Phi) is 5.36. The van der Waals surface area contributed by atoms with Gasteiger partial charge < -0.3 is 19.3 Å². The molecule has 0 aromatic heterocycles. The largest absolute Gasteiger partial charge is 0.483 e. The van der Waals surface area contributed by atoms with E-state index in [1.807, 2.05) is 24.3 Å². The van der Waals surface area contributed by atoms with Crippen LogP contribution in [0, 0.1) is 0 Å². The molecule has 2 aliphatic rings. The van der Waals surface area contributed by atoms with Gasteiger partial charge in [0, 0.05) is 39.8 Å². The smallest absolute Gasteiger partial charge is 0.410 e. The van der Waals surface area contributed by atoms with E-state index in [1.54, 1.807) is 26.0 Å². The second kappa shape index (κ2) is 7.53. The van der Waals surface area contributed by atoms with Gasteiger partial charge in [0.2, 0.25) is 0 Å². The van der Waals surface area contributed by atoms with E-state index in [9.17, 15) is 9.59 Å². The van der Waals surface area contributed by atoms with Gasteiger partial charge in [0.15, 0.2) is 6.61 Å². The highest BCUT2D eigenvalue weighted by Crippen LogP contribution is 2.32. The van der Waals surface area contributed by atoms with Crippen molar-refractivity contribution in [3.05, 3.63) is 29.8 Å². The first-order valence-corrected chi connectivity index (χ1v) is 8.96. The SMILES string of the molecule is CN(C)C(=O)COc1ccccc1CN1CCC[C@]2(C1)CN(C)C(=O)O2. The summed E-state index contributed by atoms with van der Waals surface area (Å²) in [6.07, 6.45) is 1.65. The summed E-state index contributed by atoms with van der Waals surface area (Å²) in [4.78, 5) is 29.0. The van der Waals surface area contributed by atoms with Crippen LogP contribution in [0.1, 0.15) is 18.4 Å². The Morgan fingerprint density at radius 2 is 2.08 bits per heavy atom. The zero-order chi connectivity index (χ0) is 18.7. The van der Waals surface area contributed by atoms with Crippen LogP contribution in [0.15, 0.2) is 24.3 Å². The third-order valence-electron chi connectivity index (χ3n) is 4.98. The Hall–Kier alpha value is -2.28. The minimum Gasteiger partial charge on any atom is -0.483 e. The predicted octanol–water partition coefficient (Wildman–Crippen LogP) is 1.57. The molecule has 1 aromatic rings. The van der Waals surface area contributed by atoms with Gasteiger partial charge in [0.1, 0.15) is 11.4 Å². The molecule has 1 spiro atoms. The maximum atomic E-state index is 11.8. The van der Waals surface area contributed by atoms with Gasteiger partial charge in [-0.1, -0.05) is 18.2 Å². The summed E-state index contributed by atoms with van der Waals surface area (Å²) in [6.45, 7) is 3.03. The zero-order valence-corrected chi connectivity index (χ0v) is 15.7. The number of para-hydroxylation sites is 1. The van der Waals surface area contributed by atoms with Crippen molar-refractivity contribution in [3.63, 3.8) is 0 Å². The van der Waals surface area contributed by atoms with Crippen LogP contribution in [0.2, 0.25) is 0 Å². The molecular weight excluding hydrogens is 334 g/mol. The first-order chi connectivity index (χ1) is 12.4. The molecule has 7 nitrogen and oxygen atoms in total. The number of likely N-dealkylation sites (N-methyl/N-ethyl adjacent to an activating group) is 2. The summed E-state index contributed by atoms with van der Waals surface area (Å²) >= 11 is 0. The first-order valence-electron chi connectivity index (χ1n) is 8.96. The Morgan fingerprint density at radius 1 is 1.31 bits per heavy atom. The fourth-order valence-corrected chi connectivity index (χ4v) is 3.61. The molecule has 26 heavy (non-hydrogen) atoms. The molecule has 2 aliphatic heterocycles. The number of carbonyl (C=O) groups is 2. The molecule has 2 fully saturated rings. The van der Waals surface area contributed by atoms with E-state index in [-0.39, 0.29) is 18.6 Å². The van der Waals surface area contributed by atoms with Crippen LogP contribution in [-0.4, -0.2) is 79.7 Å². The van der Waals surface area contributed by atoms with Gasteiger partial charge in [-0.2, -0.15) is 0 Å². The Labute approximate surface area is 154 Å². The fraction of sp³-hybridized carbons (Fsp3) is 0.579. The van der Waals surface area contributed by atoms with Gasteiger partial charge in [-0.05, 0) is 25.5 Å². The lowest BCUT2D eigenvalue weighted by Crippen LogP contribution is -2.50. The second-order valence-electron chi connectivity index (χ2n) is 7.41. The minimum absolute atomic E-state index is 0.0242. The summed E-state index contributed by atoms with van der Waals surface area (Å²) in [5.41, 5.74) is 0.634. The molecule has 2 saturated heterocycles. The number of rotatable bonds is 5. The van der Waals surface area contributed by atoms with Crippen molar-refractivity contribution >= 4 is 12.0 Å². The van der Waals surface area contributed by atoms with Crippen LogP contribution in [-0.2, 0) is 16.1 Å². The van der Waals surface area contributed by atoms with Gasteiger partial charge in [0.05, 0.1) is 6.54 Å². The molecule has 1 aromatic carbocycles. The van der Waals surface area contributed by atoms with Crippen LogP contribution >= 0.6 is 0 Å². The van der Waals surface area contributed by atoms with Crippen LogP contribution in [0.4, 0.5) is 4.79 Å². The quantitative estimate of drug-likeness (QED) is 0.797. The third kappa shape index (κ3) is 4.09. The second-order valence-corrected chi connectivity index (χ2v) is 7.41. The summed E-state index contributed by atoms with van der Waals surface area (Å²) in [7, 11) is 5.20. The van der Waals surface area contributed by atoms with Crippen molar-refractivity contribution in [1.29, 1.82) is 0 Å². The lowest BCUT2D eigenvalue weighted by Gasteiger charge is -2.38. The van der Waals surface area contributed by atoms with E-state index in [0.29, 0.717) is 19.6 Å². The van der Waals surface area contributed by atoms with Gasteiger partial charge in [-0.15, -0.1) is 0 Å². The average Bonchev–Trinajstić information content (AvgIpc) is 2.86. The number of ether oxygens (including phenoxy) is 2. The van der Waals surface area contributed by atoms with Crippen molar-refractivity contribution in [1.82, 2.24) is 14.7 Å². The molecule has 2 amide bonds. The van der Waals surface area contributed by atoms with E-state index in [1.165, 1.54) is 4.90 Å². The number of carbonyl (C=O) groups excluding carboxylic acids is 2. The summed E-state index contributed by atoms with van der Waals surface area (Å²) in [6, 6.07) is 7.79. The molecule has 2 heterocycles. The Balaban J connectivity index is 1.65. The molecule has 3 rings (SSSR count). The maximum absolute atomic E-state index is 11.8. The monoisotopic (exact) mass is 361 g/mol. The number of nitrogens with zero attached hydrogens (tertiary/aromatic N) is 3. The topological polar surface area (TPSA) is 62.3 Å². The van der Waals surface area contributed by atoms with Crippen LogP contribution in [0.3, 0.4) is 0 Å². The number of hydrogen-bond acceptors (Lipinski definition) is 5. The maximum Gasteiger partial charge on any atom is 0.410 e. The molecule has 1 atom stereocenters. The van der Waals surface area contributed by atoms with E-state index < -0.39 is 5.60 Å². The van der Waals surface area contributed by atoms with E-state index in [0.717, 1.165) is 30.7 Å². The lowest BCUT2D eigenvalue weighted by atomic mass is 9.92. The van der Waals surface area contributed by atoms with E-state index in [2.05, 4.69) is 4.90 Å². The summed E-state index contributed by atoms with van der Waals surface area (Å²) in [5, 5.41) is 0. The predicted molar refractivity (Wildman–Crippen MR) is 97.0 cm³/mol. The molecular formula is C19H27N3O4. The minimum atomic E-state index is -0.402. The number of benzene rings is 1. The summed E-state index contributed by atoms with van der Waals surface area (Å²) < 4.78 is 11.4. The molecule has 0 radical (unpaired) electrons. The van der Waals surface area contributed by atoms with Crippen molar-refractivity contribution in [3.8, 4) is 5.75 Å². The van der Waals surface area contributed by atoms with Crippen molar-refractivity contribution < 1.29 is 19.1 Å². The number of hydrogen-bond donors (Lipinski definition) is 0. The standard InChI is InChI=1S/C19H27N3O4/c1-20(2)17(23)12-25-16-8-5-4-7-15(16)11-22-10-6-9-19(14-22)13-21(3)18(24)26-19/h4-5,7-8H,6,9-14H2,1-3H3/t19-/m1/s1. The first kappa shape index (κ1) is 18.5. The Bertz CT molecular complexity index is 679. The van der Waals surface area contributed by atoms with Gasteiger partial charge in [-0.25, -0.2) is 4.79 Å². The highest BCUT2D eigenvalue weighted by molar-refractivity contribution is 5.77. The Morgan fingerprint density at radius 3 is 2.77 bits per heavy atom. The third-order valence-corrected chi connectivity index (χ3v) is 4.98. The zero-order valence-electron chi connectivity index (χ0n) is 15.7. The fourth-order valence-electron chi connectivity index (χ4n) is 3.61. The van der Waals surface area contributed by atoms with Gasteiger partial charge >= 0.3 is 6.09 Å². The molecule has 0 unspecified atom stereocenters. The molecule has 0 N–H and O–H groups in total. The molecule has 142 valence electrons. The van der Waals surface area contributed by atoms with Gasteiger partial charge in [0.25, 0.3) is 5.91 Å². The molecule has 0 bridgehead atoms. The van der Waals surface area contributed by atoms with Crippen LogP contribution in [0.5, 0.6) is 5.75 Å². The number of piperidine rings is 1. The van der Waals surface area contributed by atoms with E-state index >= 15 is 0 Å². The molecule has 7 heteroatoms. The highest BCUT2D eigenvalue weighted by atomic mass is 16.6. The van der Waals surface area contributed by atoms with Crippen molar-refractivity contribution in [2.45, 2.75) is 25.0 Å². The van der Waals surface area contributed by atoms with Crippen LogP contribution < -0.4 is 4.74 Å². The van der Waals surface area contributed by atoms with Crippen LogP contribution in [0.25, 0.3) is 0 Å². The summed E-state index contributed by atoms with van der Waals surface area (Å²) in [5.74, 6) is 0.653. The molecule has 0 aliphatic carbocycles. The highest BCUT2D eigenvalue weighted by Gasteiger charge is 2.46. The lowest BCUT2D eigenvalue weighted by molar-refractivity contribution is -0.130. The van der Waals surface area contributed by atoms with Gasteiger partial charge in [-0.3, -0.25) is 9.69 Å². The number of amides is 2. The van der Waals surface area contributed by atoms with Crippen molar-refractivity contribution in [2.24, 2.45) is 0 Å².